The number of phenols is 1. The Morgan fingerprint density at radius 1 is 1.31 bits per heavy atom. The van der Waals surface area contributed by atoms with E-state index in [2.05, 4.69) is 0 Å². The molecule has 0 atom stereocenters. The predicted molar refractivity (Wildman–Crippen MR) is 62.1 cm³/mol. The van der Waals surface area contributed by atoms with Gasteiger partial charge in [-0.05, 0) is 37.8 Å². The quantitative estimate of drug-likeness (QED) is 0.832. The summed E-state index contributed by atoms with van der Waals surface area (Å²) in [6.07, 6.45) is 3.79. The molecule has 3 nitrogen and oxygen atoms in total. The second-order valence-electron chi connectivity index (χ2n) is 4.17. The summed E-state index contributed by atoms with van der Waals surface area (Å²) in [5.41, 5.74) is 0. The lowest BCUT2D eigenvalue weighted by Gasteiger charge is -2.25. The zero-order chi connectivity index (χ0) is 11.4. The van der Waals surface area contributed by atoms with E-state index in [4.69, 9.17) is 9.47 Å². The van der Waals surface area contributed by atoms with Crippen LogP contribution in [-0.2, 0) is 0 Å². The molecule has 1 N–H and O–H groups in total. The Morgan fingerprint density at radius 2 is 2.12 bits per heavy atom. The summed E-state index contributed by atoms with van der Waals surface area (Å²) in [6.45, 7) is 3.25. The van der Waals surface area contributed by atoms with E-state index in [0.29, 0.717) is 24.9 Å². The first-order valence-corrected chi connectivity index (χ1v) is 5.88. The summed E-state index contributed by atoms with van der Waals surface area (Å²) >= 11 is 0. The lowest BCUT2D eigenvalue weighted by molar-refractivity contribution is 0.175. The highest BCUT2D eigenvalue weighted by atomic mass is 16.5. The van der Waals surface area contributed by atoms with Crippen molar-refractivity contribution in [2.45, 2.75) is 26.2 Å². The molecule has 1 aromatic rings. The van der Waals surface area contributed by atoms with Crippen LogP contribution in [0.15, 0.2) is 18.2 Å². The highest BCUT2D eigenvalue weighted by Gasteiger charge is 2.18. The molecule has 0 unspecified atom stereocenters. The van der Waals surface area contributed by atoms with Crippen molar-refractivity contribution in [2.75, 3.05) is 13.2 Å². The smallest absolute Gasteiger partial charge is 0.164 e. The first-order chi connectivity index (χ1) is 7.79. The lowest BCUT2D eigenvalue weighted by atomic mass is 9.86. The first-order valence-electron chi connectivity index (χ1n) is 5.88. The second-order valence-corrected chi connectivity index (χ2v) is 4.17. The zero-order valence-electron chi connectivity index (χ0n) is 9.61. The molecular weight excluding hydrogens is 204 g/mol. The molecule has 1 aliphatic carbocycles. The van der Waals surface area contributed by atoms with Crippen molar-refractivity contribution in [3.8, 4) is 17.2 Å². The molecule has 1 aromatic carbocycles. The fourth-order valence-electron chi connectivity index (χ4n) is 1.73. The molecule has 0 radical (unpaired) electrons. The molecule has 2 rings (SSSR count). The molecule has 1 aliphatic rings. The van der Waals surface area contributed by atoms with Crippen molar-refractivity contribution in [3.63, 3.8) is 0 Å². The lowest BCUT2D eigenvalue weighted by Crippen LogP contribution is -2.19. The van der Waals surface area contributed by atoms with Crippen molar-refractivity contribution < 1.29 is 14.6 Å². The molecule has 88 valence electrons. The molecule has 0 bridgehead atoms. The Hall–Kier alpha value is -1.38. The maximum Gasteiger partial charge on any atom is 0.164 e. The van der Waals surface area contributed by atoms with E-state index in [1.165, 1.54) is 19.3 Å². The highest BCUT2D eigenvalue weighted by molar-refractivity contribution is 5.44. The van der Waals surface area contributed by atoms with Crippen molar-refractivity contribution >= 4 is 0 Å². The van der Waals surface area contributed by atoms with Crippen LogP contribution in [0.2, 0.25) is 0 Å². The number of hydrogen-bond donors (Lipinski definition) is 1. The van der Waals surface area contributed by atoms with Gasteiger partial charge in [-0.15, -0.1) is 0 Å². The van der Waals surface area contributed by atoms with Gasteiger partial charge in [-0.3, -0.25) is 0 Å². The summed E-state index contributed by atoms with van der Waals surface area (Å²) in [5, 5.41) is 9.63. The van der Waals surface area contributed by atoms with Crippen molar-refractivity contribution in [2.24, 2.45) is 5.92 Å². The fourth-order valence-corrected chi connectivity index (χ4v) is 1.73. The maximum absolute atomic E-state index is 9.63. The van der Waals surface area contributed by atoms with Crippen LogP contribution in [-0.4, -0.2) is 18.3 Å². The summed E-state index contributed by atoms with van der Waals surface area (Å²) < 4.78 is 11.0. The average molecular weight is 222 g/mol. The minimum atomic E-state index is 0.183. The molecule has 0 amide bonds. The zero-order valence-corrected chi connectivity index (χ0v) is 9.61. The van der Waals surface area contributed by atoms with Gasteiger partial charge in [0.15, 0.2) is 11.5 Å². The van der Waals surface area contributed by atoms with E-state index in [0.717, 1.165) is 5.75 Å². The fraction of sp³-hybridized carbons (Fsp3) is 0.538. The molecule has 3 heteroatoms. The summed E-state index contributed by atoms with van der Waals surface area (Å²) in [6, 6.07) is 5.10. The highest BCUT2D eigenvalue weighted by Crippen LogP contribution is 2.33. The number of hydrogen-bond acceptors (Lipinski definition) is 3. The predicted octanol–water partition coefficient (Wildman–Crippen LogP) is 2.97. The molecular formula is C13H18O3. The van der Waals surface area contributed by atoms with Crippen LogP contribution in [0.25, 0.3) is 0 Å². The van der Waals surface area contributed by atoms with Crippen molar-refractivity contribution in [1.29, 1.82) is 0 Å². The van der Waals surface area contributed by atoms with Gasteiger partial charge in [0.05, 0.1) is 13.2 Å². The minimum Gasteiger partial charge on any atom is -0.504 e. The first kappa shape index (κ1) is 11.1. The molecule has 0 aromatic heterocycles. The molecule has 0 saturated heterocycles. The van der Waals surface area contributed by atoms with Crippen LogP contribution >= 0.6 is 0 Å². The van der Waals surface area contributed by atoms with Gasteiger partial charge in [0.1, 0.15) is 5.75 Å². The second kappa shape index (κ2) is 5.10. The monoisotopic (exact) mass is 222 g/mol. The Kier molecular flexibility index (Phi) is 3.54. The van der Waals surface area contributed by atoms with E-state index in [9.17, 15) is 5.11 Å². The van der Waals surface area contributed by atoms with Gasteiger partial charge in [-0.25, -0.2) is 0 Å². The summed E-state index contributed by atoms with van der Waals surface area (Å²) in [4.78, 5) is 0. The molecule has 16 heavy (non-hydrogen) atoms. The number of benzene rings is 1. The standard InChI is InChI=1S/C13H18O3/c1-2-15-11-6-7-12(14)13(8-11)16-9-10-4-3-5-10/h6-8,10,14H,2-5,9H2,1H3. The summed E-state index contributed by atoms with van der Waals surface area (Å²) in [5.74, 6) is 2.11. The topological polar surface area (TPSA) is 38.7 Å². The Bertz CT molecular complexity index is 345. The van der Waals surface area contributed by atoms with Crippen LogP contribution in [0.5, 0.6) is 17.2 Å². The third-order valence-corrected chi connectivity index (χ3v) is 2.94. The van der Waals surface area contributed by atoms with Crippen LogP contribution in [0.3, 0.4) is 0 Å². The Morgan fingerprint density at radius 3 is 2.75 bits per heavy atom. The van der Waals surface area contributed by atoms with Crippen LogP contribution < -0.4 is 9.47 Å². The van der Waals surface area contributed by atoms with E-state index < -0.39 is 0 Å². The average Bonchev–Trinajstić information content (AvgIpc) is 2.21. The number of phenolic OH excluding ortho intramolecular Hbond substituents is 1. The van der Waals surface area contributed by atoms with Gasteiger partial charge in [-0.2, -0.15) is 0 Å². The molecule has 1 fully saturated rings. The van der Waals surface area contributed by atoms with Gasteiger partial charge in [0.2, 0.25) is 0 Å². The van der Waals surface area contributed by atoms with Gasteiger partial charge < -0.3 is 14.6 Å². The third kappa shape index (κ3) is 2.60. The summed E-state index contributed by atoms with van der Waals surface area (Å²) in [7, 11) is 0. The van der Waals surface area contributed by atoms with Gasteiger partial charge in [0, 0.05) is 6.07 Å². The number of ether oxygens (including phenoxy) is 2. The Balaban J connectivity index is 1.96. The SMILES string of the molecule is CCOc1ccc(O)c(OCC2CCC2)c1. The van der Waals surface area contributed by atoms with Gasteiger partial charge in [0.25, 0.3) is 0 Å². The van der Waals surface area contributed by atoms with Crippen LogP contribution in [0, 0.1) is 5.92 Å². The largest absolute Gasteiger partial charge is 0.504 e. The normalized spacial score (nSPS) is 15.6. The minimum absolute atomic E-state index is 0.183. The van der Waals surface area contributed by atoms with E-state index in [1.54, 1.807) is 18.2 Å². The number of rotatable bonds is 5. The molecule has 0 spiro atoms. The molecule has 0 heterocycles. The van der Waals surface area contributed by atoms with Crippen molar-refractivity contribution in [3.05, 3.63) is 18.2 Å². The van der Waals surface area contributed by atoms with Crippen LogP contribution in [0.1, 0.15) is 26.2 Å². The molecule has 0 aliphatic heterocycles. The number of aromatic hydroxyl groups is 1. The van der Waals surface area contributed by atoms with Crippen molar-refractivity contribution in [1.82, 2.24) is 0 Å². The third-order valence-electron chi connectivity index (χ3n) is 2.94. The van der Waals surface area contributed by atoms with E-state index >= 15 is 0 Å². The Labute approximate surface area is 96.0 Å². The van der Waals surface area contributed by atoms with Gasteiger partial charge in [-0.1, -0.05) is 6.42 Å². The van der Waals surface area contributed by atoms with Crippen LogP contribution in [0.4, 0.5) is 0 Å². The van der Waals surface area contributed by atoms with Gasteiger partial charge >= 0.3 is 0 Å². The molecule has 1 saturated carbocycles. The van der Waals surface area contributed by atoms with E-state index in [1.807, 2.05) is 6.92 Å². The van der Waals surface area contributed by atoms with E-state index in [-0.39, 0.29) is 5.75 Å². The maximum atomic E-state index is 9.63.